The van der Waals surface area contributed by atoms with Crippen molar-refractivity contribution in [1.82, 2.24) is 9.97 Å². The zero-order chi connectivity index (χ0) is 23.4. The number of pyridine rings is 1. The molecule has 0 aliphatic carbocycles. The average Bonchev–Trinajstić information content (AvgIpc) is 3.31. The normalized spacial score (nSPS) is 11.2. The first kappa shape index (κ1) is 21.9. The Balaban J connectivity index is 1.44. The summed E-state index contributed by atoms with van der Waals surface area (Å²) < 4.78 is 57.9. The summed E-state index contributed by atoms with van der Waals surface area (Å²) in [4.78, 5) is 19.4. The van der Waals surface area contributed by atoms with Gasteiger partial charge in [0.1, 0.15) is 17.3 Å². The first-order chi connectivity index (χ1) is 15.8. The molecule has 2 aromatic carbocycles. The molecule has 0 bridgehead atoms. The molecule has 0 aliphatic heterocycles. The Morgan fingerprint density at radius 2 is 1.70 bits per heavy atom. The van der Waals surface area contributed by atoms with Crippen LogP contribution in [0.15, 0.2) is 79.3 Å². The molecule has 3 N–H and O–H groups in total. The van der Waals surface area contributed by atoms with Crippen molar-refractivity contribution in [2.24, 2.45) is 0 Å². The number of hydrogen-bond donors (Lipinski definition) is 3. The van der Waals surface area contributed by atoms with Gasteiger partial charge in [-0.1, -0.05) is 0 Å². The van der Waals surface area contributed by atoms with E-state index in [4.69, 9.17) is 4.74 Å². The summed E-state index contributed by atoms with van der Waals surface area (Å²) in [5.74, 6) is -0.00641. The van der Waals surface area contributed by atoms with Gasteiger partial charge in [0, 0.05) is 42.0 Å². The van der Waals surface area contributed by atoms with Crippen LogP contribution in [0, 0.1) is 5.82 Å². The molecule has 0 radical (unpaired) electrons. The van der Waals surface area contributed by atoms with Gasteiger partial charge in [0.05, 0.1) is 16.9 Å². The van der Waals surface area contributed by atoms with Crippen LogP contribution in [-0.2, 0) is 6.18 Å². The molecule has 0 saturated heterocycles. The van der Waals surface area contributed by atoms with Crippen LogP contribution in [0.1, 0.15) is 5.56 Å². The summed E-state index contributed by atoms with van der Waals surface area (Å²) in [6.07, 6.45) is 0.624. The van der Waals surface area contributed by atoms with E-state index in [9.17, 15) is 22.4 Å². The van der Waals surface area contributed by atoms with Gasteiger partial charge in [0.25, 0.3) is 0 Å². The Morgan fingerprint density at radius 3 is 2.39 bits per heavy atom. The number of nitrogens with one attached hydrogen (secondary N) is 3. The third-order valence-corrected chi connectivity index (χ3v) is 4.52. The number of ether oxygens (including phenoxy) is 1. The number of benzene rings is 2. The average molecular weight is 456 g/mol. The maximum Gasteiger partial charge on any atom is 0.416 e. The molecule has 33 heavy (non-hydrogen) atoms. The molecule has 0 spiro atoms. The largest absolute Gasteiger partial charge is 0.457 e. The van der Waals surface area contributed by atoms with Crippen molar-refractivity contribution < 1.29 is 27.1 Å². The van der Waals surface area contributed by atoms with Crippen molar-refractivity contribution in [3.05, 3.63) is 90.6 Å². The molecule has 4 aromatic rings. The number of halogens is 4. The van der Waals surface area contributed by atoms with E-state index in [1.54, 1.807) is 30.7 Å². The Bertz CT molecular complexity index is 1260. The molecule has 2 heterocycles. The van der Waals surface area contributed by atoms with Crippen molar-refractivity contribution in [3.8, 4) is 22.8 Å². The minimum absolute atomic E-state index is 0.113. The van der Waals surface area contributed by atoms with E-state index in [0.717, 1.165) is 35.9 Å². The van der Waals surface area contributed by atoms with Crippen LogP contribution in [0.4, 0.5) is 33.7 Å². The van der Waals surface area contributed by atoms with Crippen LogP contribution < -0.4 is 15.4 Å². The van der Waals surface area contributed by atoms with E-state index < -0.39 is 23.6 Å². The predicted molar refractivity (Wildman–Crippen MR) is 115 cm³/mol. The second-order valence-electron chi connectivity index (χ2n) is 6.87. The van der Waals surface area contributed by atoms with Gasteiger partial charge >= 0.3 is 12.2 Å². The van der Waals surface area contributed by atoms with Gasteiger partial charge in [-0.15, -0.1) is 0 Å². The van der Waals surface area contributed by atoms with Crippen LogP contribution >= 0.6 is 0 Å². The second kappa shape index (κ2) is 9.03. The third kappa shape index (κ3) is 5.48. The molecule has 2 aromatic heterocycles. The molecule has 0 saturated carbocycles. The number of anilines is 2. The summed E-state index contributed by atoms with van der Waals surface area (Å²) in [5, 5.41) is 4.67. The maximum atomic E-state index is 14.2. The zero-order valence-corrected chi connectivity index (χ0v) is 16.8. The summed E-state index contributed by atoms with van der Waals surface area (Å²) in [6.45, 7) is 0. The summed E-state index contributed by atoms with van der Waals surface area (Å²) in [5.41, 5.74) is 0.631. The SMILES string of the molecule is O=C(Nc1ccc(C(F)(F)F)cc1)Nc1cc(Oc2ccnc(-c3cc[nH]c3)c2)ccc1F. The number of amides is 2. The predicted octanol–water partition coefficient (Wildman–Crippen LogP) is 6.67. The van der Waals surface area contributed by atoms with Crippen molar-refractivity contribution in [2.75, 3.05) is 10.6 Å². The van der Waals surface area contributed by atoms with Gasteiger partial charge in [-0.2, -0.15) is 13.2 Å². The Labute approximate surface area is 185 Å². The van der Waals surface area contributed by atoms with E-state index in [1.165, 1.54) is 12.1 Å². The molecule has 10 heteroatoms. The lowest BCUT2D eigenvalue weighted by molar-refractivity contribution is -0.137. The summed E-state index contributed by atoms with van der Waals surface area (Å²) in [6, 6.07) is 12.0. The number of hydrogen-bond acceptors (Lipinski definition) is 3. The lowest BCUT2D eigenvalue weighted by Gasteiger charge is -2.12. The molecule has 0 unspecified atom stereocenters. The van der Waals surface area contributed by atoms with Gasteiger partial charge in [-0.05, 0) is 48.5 Å². The molecule has 168 valence electrons. The number of carbonyl (C=O) groups excluding carboxylic acids is 1. The Kier molecular flexibility index (Phi) is 5.99. The topological polar surface area (TPSA) is 79.0 Å². The highest BCUT2D eigenvalue weighted by molar-refractivity contribution is 5.99. The minimum atomic E-state index is -4.48. The van der Waals surface area contributed by atoms with Gasteiger partial charge in [-0.25, -0.2) is 9.18 Å². The smallest absolute Gasteiger partial charge is 0.416 e. The minimum Gasteiger partial charge on any atom is -0.457 e. The maximum absolute atomic E-state index is 14.2. The first-order valence-corrected chi connectivity index (χ1v) is 9.60. The van der Waals surface area contributed by atoms with Gasteiger partial charge in [-0.3, -0.25) is 4.98 Å². The van der Waals surface area contributed by atoms with Crippen LogP contribution in [0.3, 0.4) is 0 Å². The van der Waals surface area contributed by atoms with Gasteiger partial charge in [0.15, 0.2) is 0 Å². The van der Waals surface area contributed by atoms with Gasteiger partial charge in [0.2, 0.25) is 0 Å². The highest BCUT2D eigenvalue weighted by Gasteiger charge is 2.30. The van der Waals surface area contributed by atoms with Crippen LogP contribution in [0.2, 0.25) is 0 Å². The molecule has 6 nitrogen and oxygen atoms in total. The molecule has 0 aliphatic rings. The van der Waals surface area contributed by atoms with Crippen LogP contribution in [-0.4, -0.2) is 16.0 Å². The quantitative estimate of drug-likeness (QED) is 0.294. The zero-order valence-electron chi connectivity index (χ0n) is 16.8. The fourth-order valence-corrected chi connectivity index (χ4v) is 2.94. The van der Waals surface area contributed by atoms with Crippen LogP contribution in [0.5, 0.6) is 11.5 Å². The first-order valence-electron chi connectivity index (χ1n) is 9.60. The standard InChI is InChI=1S/C23H16F4N4O2/c24-19-6-5-17(33-18-8-10-29-20(11-18)14-7-9-28-13-14)12-21(19)31-22(32)30-16-3-1-15(2-4-16)23(25,26)27/h1-13,28H,(H2,30,31,32). The van der Waals surface area contributed by atoms with Crippen molar-refractivity contribution in [2.45, 2.75) is 6.18 Å². The second-order valence-corrected chi connectivity index (χ2v) is 6.87. The molecular formula is C23H16F4N4O2. The lowest BCUT2D eigenvalue weighted by Crippen LogP contribution is -2.20. The summed E-state index contributed by atoms with van der Waals surface area (Å²) >= 11 is 0. The number of aromatic nitrogens is 2. The van der Waals surface area contributed by atoms with Crippen molar-refractivity contribution >= 4 is 17.4 Å². The highest BCUT2D eigenvalue weighted by atomic mass is 19.4. The monoisotopic (exact) mass is 456 g/mol. The van der Waals surface area contributed by atoms with E-state index in [0.29, 0.717) is 11.4 Å². The highest BCUT2D eigenvalue weighted by Crippen LogP contribution is 2.30. The number of alkyl halides is 3. The molecule has 0 fully saturated rings. The number of carbonyl (C=O) groups is 1. The van der Waals surface area contributed by atoms with Crippen molar-refractivity contribution in [1.29, 1.82) is 0 Å². The Hall–Kier alpha value is -4.34. The lowest BCUT2D eigenvalue weighted by atomic mass is 10.2. The number of nitrogens with zero attached hydrogens (tertiary/aromatic N) is 1. The molecule has 2 amide bonds. The van der Waals surface area contributed by atoms with Crippen molar-refractivity contribution in [3.63, 3.8) is 0 Å². The number of rotatable bonds is 5. The number of aromatic amines is 1. The fourth-order valence-electron chi connectivity index (χ4n) is 2.94. The van der Waals surface area contributed by atoms with E-state index in [2.05, 4.69) is 20.6 Å². The number of urea groups is 1. The van der Waals surface area contributed by atoms with Crippen LogP contribution in [0.25, 0.3) is 11.3 Å². The van der Waals surface area contributed by atoms with E-state index in [1.807, 2.05) is 6.07 Å². The fraction of sp³-hybridized carbons (Fsp3) is 0.0435. The third-order valence-electron chi connectivity index (χ3n) is 4.52. The summed E-state index contributed by atoms with van der Waals surface area (Å²) in [7, 11) is 0. The van der Waals surface area contributed by atoms with Gasteiger partial charge < -0.3 is 20.4 Å². The van der Waals surface area contributed by atoms with E-state index in [-0.39, 0.29) is 17.1 Å². The Morgan fingerprint density at radius 1 is 0.939 bits per heavy atom. The molecule has 4 rings (SSSR count). The van der Waals surface area contributed by atoms with E-state index >= 15 is 0 Å². The molecular weight excluding hydrogens is 440 g/mol. The molecule has 0 atom stereocenters. The number of H-pyrrole nitrogens is 1.